The van der Waals surface area contributed by atoms with Gasteiger partial charge >= 0.3 is 25.7 Å². The van der Waals surface area contributed by atoms with E-state index in [4.69, 9.17) is 24.8 Å². The van der Waals surface area contributed by atoms with Crippen LogP contribution in [0.1, 0.15) is 155 Å². The number of nitrogens with two attached hydrogens (primary N) is 1. The fourth-order valence-corrected chi connectivity index (χ4v) is 5.87. The quantitative estimate of drug-likeness (QED) is 0.0237. The Morgan fingerprint density at radius 2 is 1.04 bits per heavy atom. The van der Waals surface area contributed by atoms with E-state index in [2.05, 4.69) is 79.1 Å². The molecule has 0 spiro atoms. The first-order valence-corrected chi connectivity index (χ1v) is 21.8. The Hall–Kier alpha value is -2.82. The minimum Gasteiger partial charge on any atom is -0.480 e. The lowest BCUT2D eigenvalue weighted by atomic mass is 10.1. The normalized spacial score (nSPS) is 14.4. The van der Waals surface area contributed by atoms with Gasteiger partial charge in [-0.2, -0.15) is 0 Å². The summed E-state index contributed by atoms with van der Waals surface area (Å²) in [7, 11) is -4.72. The van der Waals surface area contributed by atoms with Crippen LogP contribution in [-0.4, -0.2) is 59.9 Å². The van der Waals surface area contributed by atoms with Crippen LogP contribution in [0.3, 0.4) is 0 Å². The number of hydrogen-bond acceptors (Lipinski definition) is 9. The van der Waals surface area contributed by atoms with Crippen LogP contribution >= 0.6 is 7.82 Å². The Kier molecular flexibility index (Phi) is 35.2. The molecule has 4 N–H and O–H groups in total. The van der Waals surface area contributed by atoms with E-state index >= 15 is 0 Å². The number of esters is 2. The van der Waals surface area contributed by atoms with Gasteiger partial charge in [-0.25, -0.2) is 4.57 Å². The first-order valence-electron chi connectivity index (χ1n) is 20.3. The van der Waals surface area contributed by atoms with Crippen LogP contribution in [0.5, 0.6) is 0 Å². The minimum absolute atomic E-state index is 0.121. The van der Waals surface area contributed by atoms with Crippen molar-refractivity contribution in [3.8, 4) is 0 Å². The molecule has 0 heterocycles. The molecule has 3 atom stereocenters. The predicted octanol–water partition coefficient (Wildman–Crippen LogP) is 10.4. The molecule has 0 amide bonds. The lowest BCUT2D eigenvalue weighted by molar-refractivity contribution is -0.161. The molecule has 0 radical (unpaired) electrons. The van der Waals surface area contributed by atoms with Crippen molar-refractivity contribution < 1.29 is 47.5 Å². The summed E-state index contributed by atoms with van der Waals surface area (Å²) < 4.78 is 32.6. The molecule has 0 saturated carbocycles. The first kappa shape index (κ1) is 51.2. The second-order valence-corrected chi connectivity index (χ2v) is 14.8. The molecule has 0 fully saturated rings. The summed E-state index contributed by atoms with van der Waals surface area (Å²) in [5, 5.41) is 8.87. The van der Waals surface area contributed by atoms with Crippen molar-refractivity contribution in [2.75, 3.05) is 19.8 Å². The summed E-state index contributed by atoms with van der Waals surface area (Å²) in [5.41, 5.74) is 5.32. The number of phosphoric acid groups is 1. The average Bonchev–Trinajstić information content (AvgIpc) is 3.14. The van der Waals surface area contributed by atoms with Crippen molar-refractivity contribution in [3.63, 3.8) is 0 Å². The van der Waals surface area contributed by atoms with Crippen LogP contribution in [0.4, 0.5) is 0 Å². The maximum absolute atomic E-state index is 12.6. The number of aliphatic carboxylic acids is 1. The zero-order valence-electron chi connectivity index (χ0n) is 33.3. The number of hydrogen-bond donors (Lipinski definition) is 3. The highest BCUT2D eigenvalue weighted by Crippen LogP contribution is 2.43. The Balaban J connectivity index is 4.47. The molecule has 54 heavy (non-hydrogen) atoms. The van der Waals surface area contributed by atoms with Gasteiger partial charge in [0.25, 0.3) is 0 Å². The fraction of sp³-hybridized carbons (Fsp3) is 0.690. The molecule has 0 aromatic carbocycles. The minimum atomic E-state index is -4.72. The van der Waals surface area contributed by atoms with E-state index in [0.717, 1.165) is 70.6 Å². The van der Waals surface area contributed by atoms with Crippen molar-refractivity contribution in [1.29, 1.82) is 0 Å². The summed E-state index contributed by atoms with van der Waals surface area (Å²) in [6.07, 6.45) is 41.5. The number of carbonyl (C=O) groups is 3. The second-order valence-electron chi connectivity index (χ2n) is 13.4. The van der Waals surface area contributed by atoms with Crippen LogP contribution in [0, 0.1) is 0 Å². The average molecular weight is 782 g/mol. The molecule has 0 aromatic rings. The Bertz CT molecular complexity index is 1150. The molecule has 0 aliphatic heterocycles. The van der Waals surface area contributed by atoms with Gasteiger partial charge < -0.3 is 25.2 Å². The monoisotopic (exact) mass is 781 g/mol. The number of rotatable bonds is 37. The van der Waals surface area contributed by atoms with Gasteiger partial charge in [0.2, 0.25) is 0 Å². The smallest absolute Gasteiger partial charge is 0.472 e. The number of ether oxygens (including phenoxy) is 2. The molecule has 0 bridgehead atoms. The van der Waals surface area contributed by atoms with Crippen LogP contribution in [-0.2, 0) is 37.5 Å². The molecule has 0 aliphatic rings. The molecule has 11 nitrogen and oxygen atoms in total. The first-order chi connectivity index (χ1) is 26.1. The number of carboxylic acid groups (broad SMARTS) is 1. The van der Waals surface area contributed by atoms with E-state index in [1.54, 1.807) is 0 Å². The molecule has 0 rings (SSSR count). The molecule has 0 saturated heterocycles. The third-order valence-corrected chi connectivity index (χ3v) is 9.23. The number of allylic oxidation sites excluding steroid dienone is 10. The SMILES string of the molecule is CC/C=C\C/C=C\C/C=C\C/C=C\C/C=C\CCCCCC(=O)OC(COC(=O)CCCCCCCCCCCCC)COP(=O)(O)OCC(N)C(=O)O. The van der Waals surface area contributed by atoms with E-state index in [9.17, 15) is 23.8 Å². The van der Waals surface area contributed by atoms with E-state index in [1.807, 2.05) is 0 Å². The number of carbonyl (C=O) groups excluding carboxylic acids is 2. The standard InChI is InChI=1S/C42H72NO10P/c1-3-5-7-9-11-13-15-16-17-18-19-20-21-22-24-26-28-30-32-34-41(45)53-38(36-51-54(48,49)52-37-39(43)42(46)47)35-50-40(44)33-31-29-27-25-23-14-12-10-8-6-4-2/h5,7,11,13,16-17,19-20,22,24,38-39H,3-4,6,8-10,12,14-15,18,21,23,25-37,43H2,1-2H3,(H,46,47)(H,48,49)/b7-5-,13-11-,17-16-,20-19-,24-22-. The van der Waals surface area contributed by atoms with Gasteiger partial charge in [0, 0.05) is 12.8 Å². The zero-order chi connectivity index (χ0) is 40.0. The maximum atomic E-state index is 12.6. The molecule has 0 aromatic heterocycles. The number of phosphoric ester groups is 1. The molecular weight excluding hydrogens is 709 g/mol. The van der Waals surface area contributed by atoms with Crippen molar-refractivity contribution in [2.24, 2.45) is 5.73 Å². The zero-order valence-corrected chi connectivity index (χ0v) is 34.2. The van der Waals surface area contributed by atoms with Gasteiger partial charge in [-0.1, -0.05) is 145 Å². The van der Waals surface area contributed by atoms with E-state index in [1.165, 1.54) is 44.9 Å². The van der Waals surface area contributed by atoms with E-state index in [-0.39, 0.29) is 19.4 Å². The van der Waals surface area contributed by atoms with Crippen molar-refractivity contribution in [3.05, 3.63) is 60.8 Å². The lowest BCUT2D eigenvalue weighted by Gasteiger charge is -2.20. The Labute approximate surface area is 326 Å². The van der Waals surface area contributed by atoms with Gasteiger partial charge in [0.15, 0.2) is 6.10 Å². The van der Waals surface area contributed by atoms with E-state index in [0.29, 0.717) is 12.8 Å². The predicted molar refractivity (Wildman–Crippen MR) is 217 cm³/mol. The third kappa shape index (κ3) is 36.2. The van der Waals surface area contributed by atoms with Crippen LogP contribution < -0.4 is 5.73 Å². The highest BCUT2D eigenvalue weighted by atomic mass is 31.2. The second kappa shape index (κ2) is 37.1. The lowest BCUT2D eigenvalue weighted by Crippen LogP contribution is -2.34. The molecule has 0 aliphatic carbocycles. The summed E-state index contributed by atoms with van der Waals surface area (Å²) in [6.45, 7) is 2.63. The number of unbranched alkanes of at least 4 members (excludes halogenated alkanes) is 13. The van der Waals surface area contributed by atoms with E-state index < -0.39 is 51.1 Å². The molecule has 3 unspecified atom stereocenters. The maximum Gasteiger partial charge on any atom is 0.472 e. The number of carboxylic acids is 1. The largest absolute Gasteiger partial charge is 0.480 e. The van der Waals surface area contributed by atoms with Crippen LogP contribution in [0.25, 0.3) is 0 Å². The highest BCUT2D eigenvalue weighted by Gasteiger charge is 2.28. The summed E-state index contributed by atoms with van der Waals surface area (Å²) in [6, 6.07) is -1.53. The van der Waals surface area contributed by atoms with Gasteiger partial charge in [0.1, 0.15) is 12.6 Å². The van der Waals surface area contributed by atoms with Crippen molar-refractivity contribution in [2.45, 2.75) is 167 Å². The molecular formula is C42H72NO10P. The van der Waals surface area contributed by atoms with Crippen LogP contribution in [0.15, 0.2) is 60.8 Å². The van der Waals surface area contributed by atoms with Crippen molar-refractivity contribution in [1.82, 2.24) is 0 Å². The summed E-state index contributed by atoms with van der Waals surface area (Å²) >= 11 is 0. The van der Waals surface area contributed by atoms with Gasteiger partial charge in [0.05, 0.1) is 13.2 Å². The highest BCUT2D eigenvalue weighted by molar-refractivity contribution is 7.47. The van der Waals surface area contributed by atoms with Gasteiger partial charge in [-0.15, -0.1) is 0 Å². The van der Waals surface area contributed by atoms with Gasteiger partial charge in [-0.05, 0) is 57.8 Å². The summed E-state index contributed by atoms with van der Waals surface area (Å²) in [4.78, 5) is 45.8. The van der Waals surface area contributed by atoms with Gasteiger partial charge in [-0.3, -0.25) is 23.4 Å². The van der Waals surface area contributed by atoms with Crippen LogP contribution in [0.2, 0.25) is 0 Å². The fourth-order valence-electron chi connectivity index (χ4n) is 5.09. The Morgan fingerprint density at radius 3 is 1.56 bits per heavy atom. The molecule has 310 valence electrons. The Morgan fingerprint density at radius 1 is 0.593 bits per heavy atom. The topological polar surface area (TPSA) is 172 Å². The third-order valence-electron chi connectivity index (χ3n) is 8.28. The molecule has 12 heteroatoms. The summed E-state index contributed by atoms with van der Waals surface area (Å²) in [5.74, 6) is -2.43. The van der Waals surface area contributed by atoms with Crippen molar-refractivity contribution >= 4 is 25.7 Å².